The van der Waals surface area contributed by atoms with E-state index < -0.39 is 0 Å². The fourth-order valence-electron chi connectivity index (χ4n) is 2.73. The first-order chi connectivity index (χ1) is 8.38. The van der Waals surface area contributed by atoms with E-state index in [1.54, 1.807) is 0 Å². The van der Waals surface area contributed by atoms with Crippen molar-refractivity contribution in [2.45, 2.75) is 83.8 Å². The molecule has 0 radical (unpaired) electrons. The van der Waals surface area contributed by atoms with Gasteiger partial charge in [0.15, 0.2) is 0 Å². The summed E-state index contributed by atoms with van der Waals surface area (Å²) in [4.78, 5) is 0. The Morgan fingerprint density at radius 3 is 2.53 bits per heavy atom. The van der Waals surface area contributed by atoms with Gasteiger partial charge in [0.25, 0.3) is 0 Å². The summed E-state index contributed by atoms with van der Waals surface area (Å²) in [5, 5.41) is 3.57. The molecule has 1 N–H and O–H groups in total. The van der Waals surface area contributed by atoms with Crippen molar-refractivity contribution in [2.24, 2.45) is 0 Å². The molecule has 2 unspecified atom stereocenters. The van der Waals surface area contributed by atoms with Gasteiger partial charge in [-0.05, 0) is 25.8 Å². The maximum absolute atomic E-state index is 6.07. The van der Waals surface area contributed by atoms with E-state index >= 15 is 0 Å². The van der Waals surface area contributed by atoms with Gasteiger partial charge in [-0.2, -0.15) is 0 Å². The van der Waals surface area contributed by atoms with Gasteiger partial charge in [-0.15, -0.1) is 0 Å². The van der Waals surface area contributed by atoms with Crippen molar-refractivity contribution in [1.29, 1.82) is 0 Å². The van der Waals surface area contributed by atoms with Crippen LogP contribution in [0.25, 0.3) is 0 Å². The molecule has 0 bridgehead atoms. The van der Waals surface area contributed by atoms with Crippen molar-refractivity contribution in [2.75, 3.05) is 13.2 Å². The Morgan fingerprint density at radius 1 is 1.00 bits per heavy atom. The largest absolute Gasteiger partial charge is 0.377 e. The molecular formula is C15H31NO. The van der Waals surface area contributed by atoms with Crippen molar-refractivity contribution < 1.29 is 4.74 Å². The van der Waals surface area contributed by atoms with Gasteiger partial charge in [0, 0.05) is 12.6 Å². The Kier molecular flexibility index (Phi) is 8.72. The highest BCUT2D eigenvalue weighted by molar-refractivity contribution is 4.81. The maximum atomic E-state index is 6.07. The first kappa shape index (κ1) is 15.0. The minimum absolute atomic E-state index is 0.481. The molecule has 102 valence electrons. The molecular weight excluding hydrogens is 210 g/mol. The highest BCUT2D eigenvalue weighted by Gasteiger charge is 2.24. The summed E-state index contributed by atoms with van der Waals surface area (Å²) in [7, 11) is 0. The van der Waals surface area contributed by atoms with E-state index in [-0.39, 0.29) is 0 Å². The van der Waals surface area contributed by atoms with Gasteiger partial charge in [-0.3, -0.25) is 0 Å². The van der Waals surface area contributed by atoms with E-state index in [4.69, 9.17) is 4.74 Å². The SMILES string of the molecule is CCCCCCCOC1CCCCC1NCC. The van der Waals surface area contributed by atoms with Crippen molar-refractivity contribution in [1.82, 2.24) is 5.32 Å². The highest BCUT2D eigenvalue weighted by Crippen LogP contribution is 2.21. The third-order valence-electron chi connectivity index (χ3n) is 3.75. The fraction of sp³-hybridized carbons (Fsp3) is 1.00. The van der Waals surface area contributed by atoms with Crippen LogP contribution < -0.4 is 5.32 Å². The molecule has 2 heteroatoms. The second-order valence-electron chi connectivity index (χ2n) is 5.27. The van der Waals surface area contributed by atoms with E-state index in [0.717, 1.165) is 13.2 Å². The Bertz CT molecular complexity index is 170. The number of hydrogen-bond acceptors (Lipinski definition) is 2. The second kappa shape index (κ2) is 9.90. The molecule has 0 spiro atoms. The number of unbranched alkanes of at least 4 members (excludes halogenated alkanes) is 4. The molecule has 17 heavy (non-hydrogen) atoms. The third kappa shape index (κ3) is 6.42. The van der Waals surface area contributed by atoms with Crippen LogP contribution in [0.4, 0.5) is 0 Å². The molecule has 1 aliphatic rings. The van der Waals surface area contributed by atoms with Gasteiger partial charge in [0.05, 0.1) is 6.10 Å². The number of hydrogen-bond donors (Lipinski definition) is 1. The molecule has 0 amide bonds. The van der Waals surface area contributed by atoms with E-state index in [1.807, 2.05) is 0 Å². The maximum Gasteiger partial charge on any atom is 0.0728 e. The van der Waals surface area contributed by atoms with Crippen LogP contribution in [0.1, 0.15) is 71.6 Å². The molecule has 2 atom stereocenters. The molecule has 1 fully saturated rings. The summed E-state index contributed by atoms with van der Waals surface area (Å²) in [6.45, 7) is 6.49. The van der Waals surface area contributed by atoms with E-state index in [0.29, 0.717) is 12.1 Å². The summed E-state index contributed by atoms with van der Waals surface area (Å²) in [5.41, 5.74) is 0. The van der Waals surface area contributed by atoms with Gasteiger partial charge < -0.3 is 10.1 Å². The predicted octanol–water partition coefficient (Wildman–Crippen LogP) is 3.89. The van der Waals surface area contributed by atoms with Crippen LogP contribution in [-0.4, -0.2) is 25.3 Å². The lowest BCUT2D eigenvalue weighted by atomic mass is 9.92. The predicted molar refractivity (Wildman–Crippen MR) is 74.4 cm³/mol. The lowest BCUT2D eigenvalue weighted by molar-refractivity contribution is 0.00383. The van der Waals surface area contributed by atoms with Crippen LogP contribution in [0.3, 0.4) is 0 Å². The Morgan fingerprint density at radius 2 is 1.76 bits per heavy atom. The molecule has 0 aromatic rings. The monoisotopic (exact) mass is 241 g/mol. The molecule has 0 aromatic heterocycles. The van der Waals surface area contributed by atoms with Crippen molar-refractivity contribution in [3.05, 3.63) is 0 Å². The van der Waals surface area contributed by atoms with Gasteiger partial charge >= 0.3 is 0 Å². The molecule has 1 saturated carbocycles. The minimum Gasteiger partial charge on any atom is -0.377 e. The van der Waals surface area contributed by atoms with Crippen molar-refractivity contribution >= 4 is 0 Å². The minimum atomic E-state index is 0.481. The summed E-state index contributed by atoms with van der Waals surface area (Å²) in [6.07, 6.45) is 12.4. The molecule has 0 aromatic carbocycles. The zero-order valence-electron chi connectivity index (χ0n) is 11.8. The number of likely N-dealkylation sites (N-methyl/N-ethyl adjacent to an activating group) is 1. The van der Waals surface area contributed by atoms with E-state index in [2.05, 4.69) is 19.2 Å². The van der Waals surface area contributed by atoms with Gasteiger partial charge in [-0.1, -0.05) is 52.4 Å². The van der Waals surface area contributed by atoms with Gasteiger partial charge in [-0.25, -0.2) is 0 Å². The average Bonchev–Trinajstić information content (AvgIpc) is 2.36. The smallest absolute Gasteiger partial charge is 0.0728 e. The summed E-state index contributed by atoms with van der Waals surface area (Å²) >= 11 is 0. The van der Waals surface area contributed by atoms with Crippen LogP contribution in [0, 0.1) is 0 Å². The van der Waals surface area contributed by atoms with Crippen LogP contribution in [0.15, 0.2) is 0 Å². The normalized spacial score (nSPS) is 25.1. The third-order valence-corrected chi connectivity index (χ3v) is 3.75. The Hall–Kier alpha value is -0.0800. The molecule has 0 aliphatic heterocycles. The Labute approximate surface area is 108 Å². The topological polar surface area (TPSA) is 21.3 Å². The van der Waals surface area contributed by atoms with E-state index in [9.17, 15) is 0 Å². The van der Waals surface area contributed by atoms with Gasteiger partial charge in [0.1, 0.15) is 0 Å². The number of nitrogens with one attached hydrogen (secondary N) is 1. The number of rotatable bonds is 9. The molecule has 1 aliphatic carbocycles. The first-order valence-electron chi connectivity index (χ1n) is 7.73. The lowest BCUT2D eigenvalue weighted by Crippen LogP contribution is -2.43. The van der Waals surface area contributed by atoms with Crippen LogP contribution in [0.5, 0.6) is 0 Å². The van der Waals surface area contributed by atoms with Crippen molar-refractivity contribution in [3.63, 3.8) is 0 Å². The van der Waals surface area contributed by atoms with Crippen LogP contribution in [0.2, 0.25) is 0 Å². The highest BCUT2D eigenvalue weighted by atomic mass is 16.5. The average molecular weight is 241 g/mol. The fourth-order valence-corrected chi connectivity index (χ4v) is 2.73. The van der Waals surface area contributed by atoms with Crippen LogP contribution in [-0.2, 0) is 4.74 Å². The number of ether oxygens (including phenoxy) is 1. The summed E-state index contributed by atoms with van der Waals surface area (Å²) < 4.78 is 6.07. The van der Waals surface area contributed by atoms with E-state index in [1.165, 1.54) is 57.8 Å². The zero-order valence-corrected chi connectivity index (χ0v) is 11.8. The van der Waals surface area contributed by atoms with Gasteiger partial charge in [0.2, 0.25) is 0 Å². The summed E-state index contributed by atoms with van der Waals surface area (Å²) in [6, 6.07) is 0.615. The standard InChI is InChI=1S/C15H31NO/c1-3-5-6-7-10-13-17-15-12-9-8-11-14(15)16-4-2/h14-16H,3-13H2,1-2H3. The molecule has 1 rings (SSSR count). The Balaban J connectivity index is 2.06. The molecule has 0 heterocycles. The molecule has 0 saturated heterocycles. The van der Waals surface area contributed by atoms with Crippen molar-refractivity contribution in [3.8, 4) is 0 Å². The zero-order chi connectivity index (χ0) is 12.3. The summed E-state index contributed by atoms with van der Waals surface area (Å²) in [5.74, 6) is 0. The second-order valence-corrected chi connectivity index (χ2v) is 5.27. The van der Waals surface area contributed by atoms with Crippen LogP contribution >= 0.6 is 0 Å². The lowest BCUT2D eigenvalue weighted by Gasteiger charge is -2.32. The quantitative estimate of drug-likeness (QED) is 0.618. The molecule has 2 nitrogen and oxygen atoms in total. The first-order valence-corrected chi connectivity index (χ1v) is 7.73.